The molecule has 36 heavy (non-hydrogen) atoms. The molecule has 3 saturated heterocycles. The second kappa shape index (κ2) is 8.95. The van der Waals surface area contributed by atoms with E-state index in [1.54, 1.807) is 0 Å². The van der Waals surface area contributed by atoms with Crippen LogP contribution in [0.4, 0.5) is 0 Å². The Morgan fingerprint density at radius 3 is 0.806 bits per heavy atom. The van der Waals surface area contributed by atoms with E-state index in [0.717, 1.165) is 0 Å². The molecule has 3 heterocycles. The monoisotopic (exact) mass is 504 g/mol. The van der Waals surface area contributed by atoms with Crippen molar-refractivity contribution in [2.24, 2.45) is 28.6 Å². The van der Waals surface area contributed by atoms with Crippen LogP contribution in [-0.4, -0.2) is 33.2 Å². The van der Waals surface area contributed by atoms with E-state index >= 15 is 0 Å². The van der Waals surface area contributed by atoms with E-state index in [4.69, 9.17) is 0 Å². The standard InChI is InChI=1S/C33H65N3/c1-26(2,3)22-33(23-16-27(4,5)34-28(6,7)17-23,24-18-29(8,9)35-30(10,11)19-24)25-20-31(12,13)36-32(14,15)21-25/h23-25,34-36H,16-22H2,1-15H3. The summed E-state index contributed by atoms with van der Waals surface area (Å²) in [6, 6.07) is 0. The lowest BCUT2D eigenvalue weighted by Crippen LogP contribution is -2.68. The first-order valence-corrected chi connectivity index (χ1v) is 15.1. The van der Waals surface area contributed by atoms with Gasteiger partial charge in [-0.3, -0.25) is 0 Å². The van der Waals surface area contributed by atoms with E-state index in [1.165, 1.54) is 44.9 Å². The smallest absolute Gasteiger partial charge is 0.0132 e. The van der Waals surface area contributed by atoms with Crippen molar-refractivity contribution in [3.8, 4) is 0 Å². The highest BCUT2D eigenvalue weighted by atomic mass is 15.1. The normalized spacial score (nSPS) is 30.8. The topological polar surface area (TPSA) is 36.1 Å². The summed E-state index contributed by atoms with van der Waals surface area (Å²) < 4.78 is 0. The van der Waals surface area contributed by atoms with Gasteiger partial charge in [-0.15, -0.1) is 0 Å². The molecule has 0 aromatic heterocycles. The van der Waals surface area contributed by atoms with Gasteiger partial charge in [-0.25, -0.2) is 0 Å². The summed E-state index contributed by atoms with van der Waals surface area (Å²) >= 11 is 0. The predicted molar refractivity (Wildman–Crippen MR) is 159 cm³/mol. The molecular formula is C33H65N3. The minimum absolute atomic E-state index is 0.158. The first-order chi connectivity index (χ1) is 15.8. The first-order valence-electron chi connectivity index (χ1n) is 15.1. The summed E-state index contributed by atoms with van der Waals surface area (Å²) in [6.07, 6.45) is 9.00. The molecule has 0 aromatic carbocycles. The SMILES string of the molecule is CC(C)(C)CC(C1CC(C)(C)NC(C)(C)C1)(C1CC(C)(C)NC(C)(C)C1)C1CC(C)(C)NC(C)(C)C1. The van der Waals surface area contributed by atoms with Crippen LogP contribution in [0.2, 0.25) is 0 Å². The van der Waals surface area contributed by atoms with Gasteiger partial charge in [-0.05, 0) is 157 Å². The van der Waals surface area contributed by atoms with Gasteiger partial charge in [0.25, 0.3) is 0 Å². The first kappa shape index (κ1) is 30.4. The van der Waals surface area contributed by atoms with Crippen LogP contribution in [-0.2, 0) is 0 Å². The van der Waals surface area contributed by atoms with E-state index in [1.807, 2.05) is 0 Å². The zero-order valence-electron chi connectivity index (χ0n) is 27.2. The molecule has 212 valence electrons. The Labute approximate surface area is 226 Å². The zero-order valence-corrected chi connectivity index (χ0v) is 27.2. The van der Waals surface area contributed by atoms with Gasteiger partial charge in [0.2, 0.25) is 0 Å². The molecule has 0 bridgehead atoms. The minimum atomic E-state index is 0.158. The summed E-state index contributed by atoms with van der Waals surface area (Å²) in [6.45, 7) is 37.2. The molecule has 3 aliphatic rings. The Morgan fingerprint density at radius 1 is 0.444 bits per heavy atom. The van der Waals surface area contributed by atoms with Crippen LogP contribution < -0.4 is 16.0 Å². The van der Waals surface area contributed by atoms with Crippen LogP contribution in [0.1, 0.15) is 149 Å². The fourth-order valence-corrected chi connectivity index (χ4v) is 10.5. The van der Waals surface area contributed by atoms with Gasteiger partial charge in [0.15, 0.2) is 0 Å². The average molecular weight is 504 g/mol. The van der Waals surface area contributed by atoms with Gasteiger partial charge in [-0.2, -0.15) is 0 Å². The van der Waals surface area contributed by atoms with Crippen molar-refractivity contribution in [3.05, 3.63) is 0 Å². The molecule has 3 heteroatoms. The largest absolute Gasteiger partial charge is 0.307 e. The van der Waals surface area contributed by atoms with E-state index in [0.29, 0.717) is 23.2 Å². The van der Waals surface area contributed by atoms with Crippen LogP contribution in [0.3, 0.4) is 0 Å². The molecule has 0 spiro atoms. The lowest BCUT2D eigenvalue weighted by Gasteiger charge is -2.65. The molecule has 3 N–H and O–H groups in total. The van der Waals surface area contributed by atoms with Crippen molar-refractivity contribution < 1.29 is 0 Å². The molecule has 3 nitrogen and oxygen atoms in total. The fourth-order valence-electron chi connectivity index (χ4n) is 10.5. The Morgan fingerprint density at radius 2 is 0.639 bits per heavy atom. The van der Waals surface area contributed by atoms with E-state index in [9.17, 15) is 0 Å². The van der Waals surface area contributed by atoms with Crippen molar-refractivity contribution in [1.29, 1.82) is 0 Å². The third kappa shape index (κ3) is 7.09. The van der Waals surface area contributed by atoms with Gasteiger partial charge in [-0.1, -0.05) is 20.8 Å². The van der Waals surface area contributed by atoms with Gasteiger partial charge in [0.05, 0.1) is 0 Å². The molecule has 0 unspecified atom stereocenters. The molecule has 0 amide bonds. The molecule has 0 atom stereocenters. The Bertz CT molecular complexity index is 651. The third-order valence-corrected chi connectivity index (χ3v) is 9.69. The summed E-state index contributed by atoms with van der Waals surface area (Å²) in [7, 11) is 0. The molecule has 3 fully saturated rings. The highest BCUT2D eigenvalue weighted by molar-refractivity contribution is 5.14. The highest BCUT2D eigenvalue weighted by Crippen LogP contribution is 2.63. The Balaban J connectivity index is 2.28. The van der Waals surface area contributed by atoms with Crippen molar-refractivity contribution in [3.63, 3.8) is 0 Å². The lowest BCUT2D eigenvalue weighted by atomic mass is 9.44. The number of hydrogen-bond acceptors (Lipinski definition) is 3. The Kier molecular flexibility index (Phi) is 7.56. The van der Waals surface area contributed by atoms with Crippen molar-refractivity contribution in [2.45, 2.75) is 182 Å². The van der Waals surface area contributed by atoms with Gasteiger partial charge in [0, 0.05) is 33.2 Å². The quantitative estimate of drug-likeness (QED) is 0.363. The van der Waals surface area contributed by atoms with E-state index < -0.39 is 0 Å². The van der Waals surface area contributed by atoms with Crippen LogP contribution in [0.5, 0.6) is 0 Å². The summed E-state index contributed by atoms with van der Waals surface area (Å²) in [5, 5.41) is 12.1. The minimum Gasteiger partial charge on any atom is -0.307 e. The molecule has 3 aliphatic heterocycles. The highest BCUT2D eigenvalue weighted by Gasteiger charge is 2.60. The van der Waals surface area contributed by atoms with Crippen LogP contribution in [0, 0.1) is 28.6 Å². The van der Waals surface area contributed by atoms with E-state index in [-0.39, 0.29) is 38.6 Å². The lowest BCUT2D eigenvalue weighted by molar-refractivity contribution is -0.129. The predicted octanol–water partition coefficient (Wildman–Crippen LogP) is 8.08. The maximum absolute atomic E-state index is 4.04. The summed E-state index contributed by atoms with van der Waals surface area (Å²) in [4.78, 5) is 0. The molecule has 0 aliphatic carbocycles. The molecule has 0 saturated carbocycles. The van der Waals surface area contributed by atoms with Gasteiger partial charge < -0.3 is 16.0 Å². The summed E-state index contributed by atoms with van der Waals surface area (Å²) in [5.74, 6) is 2.15. The fraction of sp³-hybridized carbons (Fsp3) is 1.00. The maximum Gasteiger partial charge on any atom is 0.0132 e. The maximum atomic E-state index is 4.04. The number of rotatable bonds is 4. The van der Waals surface area contributed by atoms with Crippen LogP contribution in [0.15, 0.2) is 0 Å². The van der Waals surface area contributed by atoms with Crippen molar-refractivity contribution in [2.75, 3.05) is 0 Å². The molecule has 0 radical (unpaired) electrons. The third-order valence-electron chi connectivity index (χ3n) is 9.69. The second-order valence-electron chi connectivity index (χ2n) is 18.8. The van der Waals surface area contributed by atoms with E-state index in [2.05, 4.69) is 120 Å². The number of piperidine rings is 3. The van der Waals surface area contributed by atoms with Gasteiger partial charge in [0.1, 0.15) is 0 Å². The number of nitrogens with one attached hydrogen (secondary N) is 3. The molecule has 3 rings (SSSR count). The van der Waals surface area contributed by atoms with Crippen LogP contribution in [0.25, 0.3) is 0 Å². The second-order valence-corrected chi connectivity index (χ2v) is 18.8. The Hall–Kier alpha value is -0.120. The van der Waals surface area contributed by atoms with Crippen molar-refractivity contribution in [1.82, 2.24) is 16.0 Å². The zero-order chi connectivity index (χ0) is 27.8. The molecular weight excluding hydrogens is 438 g/mol. The van der Waals surface area contributed by atoms with Crippen LogP contribution >= 0.6 is 0 Å². The molecule has 0 aromatic rings. The number of hydrogen-bond donors (Lipinski definition) is 3. The average Bonchev–Trinajstić information content (AvgIpc) is 2.49. The van der Waals surface area contributed by atoms with Gasteiger partial charge >= 0.3 is 0 Å². The van der Waals surface area contributed by atoms with Crippen molar-refractivity contribution >= 4 is 0 Å². The summed E-state index contributed by atoms with van der Waals surface area (Å²) in [5.41, 5.74) is 1.55.